The third-order valence-electron chi connectivity index (χ3n) is 4.76. The predicted octanol–water partition coefficient (Wildman–Crippen LogP) is 2.93. The first kappa shape index (κ1) is 16.0. The molecule has 130 valence electrons. The largest absolute Gasteiger partial charge is 0.348 e. The number of rotatable bonds is 5. The zero-order chi connectivity index (χ0) is 17.2. The fraction of sp³-hybridized carbons (Fsp3) is 0.368. The highest BCUT2D eigenvalue weighted by Crippen LogP contribution is 2.30. The minimum atomic E-state index is -0.335. The molecule has 1 aliphatic carbocycles. The number of benzene rings is 1. The van der Waals surface area contributed by atoms with Crippen molar-refractivity contribution in [3.63, 3.8) is 0 Å². The summed E-state index contributed by atoms with van der Waals surface area (Å²) in [5.41, 5.74) is 1.03. The monoisotopic (exact) mass is 340 g/mol. The lowest BCUT2D eigenvalue weighted by molar-refractivity contribution is 0.0938. The van der Waals surface area contributed by atoms with Crippen molar-refractivity contribution in [3.8, 4) is 0 Å². The van der Waals surface area contributed by atoms with E-state index in [1.54, 1.807) is 30.5 Å². The minimum Gasteiger partial charge on any atom is -0.348 e. The van der Waals surface area contributed by atoms with Crippen LogP contribution in [0.25, 0.3) is 0 Å². The Morgan fingerprint density at radius 1 is 1.20 bits per heavy atom. The Hall–Kier alpha value is -2.47. The number of anilines is 2. The Kier molecular flexibility index (Phi) is 4.36. The third-order valence-corrected chi connectivity index (χ3v) is 4.76. The van der Waals surface area contributed by atoms with Gasteiger partial charge in [-0.2, -0.15) is 0 Å². The molecule has 1 aliphatic heterocycles. The van der Waals surface area contributed by atoms with Crippen LogP contribution in [0.4, 0.5) is 15.9 Å². The molecule has 2 heterocycles. The van der Waals surface area contributed by atoms with Crippen LogP contribution in [0.2, 0.25) is 0 Å². The lowest BCUT2D eigenvalue weighted by atomic mass is 10.2. The van der Waals surface area contributed by atoms with E-state index >= 15 is 0 Å². The molecule has 2 fully saturated rings. The first-order valence-corrected chi connectivity index (χ1v) is 8.71. The average Bonchev–Trinajstić information content (AvgIpc) is 3.35. The maximum atomic E-state index is 13.4. The molecule has 1 atom stereocenters. The maximum absolute atomic E-state index is 13.4. The van der Waals surface area contributed by atoms with Crippen molar-refractivity contribution in [2.24, 2.45) is 0 Å². The summed E-state index contributed by atoms with van der Waals surface area (Å²) in [6.45, 7) is 1.97. The Morgan fingerprint density at radius 3 is 2.88 bits per heavy atom. The normalized spacial score (nSPS) is 20.4. The van der Waals surface area contributed by atoms with Gasteiger partial charge in [-0.1, -0.05) is 6.07 Å². The molecule has 0 bridgehead atoms. The summed E-state index contributed by atoms with van der Waals surface area (Å²) in [5.74, 6) is -0.0460. The van der Waals surface area contributed by atoms with Gasteiger partial charge in [0.1, 0.15) is 11.6 Å². The first-order valence-electron chi connectivity index (χ1n) is 8.71. The van der Waals surface area contributed by atoms with Crippen LogP contribution >= 0.6 is 0 Å². The quantitative estimate of drug-likeness (QED) is 0.879. The Labute approximate surface area is 146 Å². The number of carbonyl (C=O) groups excluding carboxylic acids is 1. The van der Waals surface area contributed by atoms with E-state index in [0.29, 0.717) is 17.1 Å². The third kappa shape index (κ3) is 3.79. The number of hydrogen-bond acceptors (Lipinski definition) is 4. The molecule has 5 nitrogen and oxygen atoms in total. The Bertz CT molecular complexity index is 778. The fourth-order valence-corrected chi connectivity index (χ4v) is 3.33. The van der Waals surface area contributed by atoms with Gasteiger partial charge in [0.15, 0.2) is 0 Å². The van der Waals surface area contributed by atoms with Gasteiger partial charge in [-0.3, -0.25) is 9.69 Å². The Balaban J connectivity index is 1.45. The second kappa shape index (κ2) is 6.80. The number of likely N-dealkylation sites (tertiary alicyclic amines) is 1. The van der Waals surface area contributed by atoms with E-state index in [1.807, 2.05) is 0 Å². The molecule has 2 N–H and O–H groups in total. The first-order chi connectivity index (χ1) is 12.2. The topological polar surface area (TPSA) is 57.3 Å². The predicted molar refractivity (Wildman–Crippen MR) is 94.4 cm³/mol. The van der Waals surface area contributed by atoms with Gasteiger partial charge in [0.2, 0.25) is 0 Å². The molecule has 4 rings (SSSR count). The van der Waals surface area contributed by atoms with Crippen LogP contribution in [-0.4, -0.2) is 41.0 Å². The molecule has 2 aliphatic rings. The van der Waals surface area contributed by atoms with Crippen molar-refractivity contribution in [2.75, 3.05) is 18.4 Å². The van der Waals surface area contributed by atoms with Crippen LogP contribution in [0.5, 0.6) is 0 Å². The zero-order valence-electron chi connectivity index (χ0n) is 13.9. The van der Waals surface area contributed by atoms with Gasteiger partial charge in [-0.05, 0) is 49.6 Å². The highest BCUT2D eigenvalue weighted by atomic mass is 19.1. The maximum Gasteiger partial charge on any atom is 0.255 e. The standard InChI is InChI=1S/C19H21FN4O/c20-13-3-1-4-14(11-13)22-18-17(5-2-9-21-18)19(25)23-15-8-10-24(12-15)16-6-7-16/h1-5,9,11,15-16H,6-8,10,12H2,(H,21,22)(H,23,25)/t15-/m1/s1. The average molecular weight is 340 g/mol. The number of hydrogen-bond donors (Lipinski definition) is 2. The van der Waals surface area contributed by atoms with Crippen molar-refractivity contribution in [3.05, 3.63) is 54.0 Å². The van der Waals surface area contributed by atoms with Gasteiger partial charge in [-0.15, -0.1) is 0 Å². The number of pyridine rings is 1. The molecule has 25 heavy (non-hydrogen) atoms. The molecule has 1 aromatic carbocycles. The summed E-state index contributed by atoms with van der Waals surface area (Å²) in [4.78, 5) is 19.4. The van der Waals surface area contributed by atoms with E-state index in [9.17, 15) is 9.18 Å². The highest BCUT2D eigenvalue weighted by Gasteiger charge is 2.35. The van der Waals surface area contributed by atoms with Crippen LogP contribution in [0.1, 0.15) is 29.6 Å². The molecule has 1 saturated carbocycles. The molecule has 0 unspecified atom stereocenters. The van der Waals surface area contributed by atoms with Gasteiger partial charge in [-0.25, -0.2) is 9.37 Å². The van der Waals surface area contributed by atoms with Gasteiger partial charge >= 0.3 is 0 Å². The summed E-state index contributed by atoms with van der Waals surface area (Å²) in [7, 11) is 0. The molecular formula is C19H21FN4O. The molecular weight excluding hydrogens is 319 g/mol. The number of nitrogens with one attached hydrogen (secondary N) is 2. The molecule has 2 aromatic rings. The number of nitrogens with zero attached hydrogens (tertiary/aromatic N) is 2. The van der Waals surface area contributed by atoms with E-state index in [0.717, 1.165) is 25.6 Å². The van der Waals surface area contributed by atoms with Crippen molar-refractivity contribution in [2.45, 2.75) is 31.3 Å². The van der Waals surface area contributed by atoms with Crippen molar-refractivity contribution >= 4 is 17.4 Å². The smallest absolute Gasteiger partial charge is 0.255 e. The molecule has 1 aromatic heterocycles. The summed E-state index contributed by atoms with van der Waals surface area (Å²) >= 11 is 0. The number of carbonyl (C=O) groups is 1. The van der Waals surface area contributed by atoms with E-state index in [-0.39, 0.29) is 17.8 Å². The van der Waals surface area contributed by atoms with Crippen molar-refractivity contribution < 1.29 is 9.18 Å². The van der Waals surface area contributed by atoms with Crippen molar-refractivity contribution in [1.29, 1.82) is 0 Å². The van der Waals surface area contributed by atoms with Crippen molar-refractivity contribution in [1.82, 2.24) is 15.2 Å². The SMILES string of the molecule is O=C(N[C@@H]1CCN(C2CC2)C1)c1cccnc1Nc1cccc(F)c1. The van der Waals surface area contributed by atoms with Gasteiger partial charge < -0.3 is 10.6 Å². The van der Waals surface area contributed by atoms with Crippen LogP contribution in [0.3, 0.4) is 0 Å². The lowest BCUT2D eigenvalue weighted by Gasteiger charge is -2.17. The summed E-state index contributed by atoms with van der Waals surface area (Å²) in [6.07, 6.45) is 5.16. The van der Waals surface area contributed by atoms with E-state index in [1.165, 1.54) is 25.0 Å². The highest BCUT2D eigenvalue weighted by molar-refractivity contribution is 5.99. The summed E-state index contributed by atoms with van der Waals surface area (Å²) < 4.78 is 13.4. The number of amides is 1. The number of halogens is 1. The van der Waals surface area contributed by atoms with Gasteiger partial charge in [0, 0.05) is 37.1 Å². The van der Waals surface area contributed by atoms with Crippen LogP contribution in [-0.2, 0) is 0 Å². The minimum absolute atomic E-state index is 0.144. The number of aromatic nitrogens is 1. The Morgan fingerprint density at radius 2 is 2.08 bits per heavy atom. The van der Waals surface area contributed by atoms with Crippen LogP contribution in [0.15, 0.2) is 42.6 Å². The molecule has 0 spiro atoms. The van der Waals surface area contributed by atoms with E-state index in [4.69, 9.17) is 0 Å². The van der Waals surface area contributed by atoms with Crippen LogP contribution < -0.4 is 10.6 Å². The molecule has 6 heteroatoms. The van der Waals surface area contributed by atoms with Gasteiger partial charge in [0.25, 0.3) is 5.91 Å². The molecule has 1 saturated heterocycles. The van der Waals surface area contributed by atoms with Crippen LogP contribution in [0, 0.1) is 5.82 Å². The fourth-order valence-electron chi connectivity index (χ4n) is 3.33. The second-order valence-electron chi connectivity index (χ2n) is 6.72. The second-order valence-corrected chi connectivity index (χ2v) is 6.72. The lowest BCUT2D eigenvalue weighted by Crippen LogP contribution is -2.37. The summed E-state index contributed by atoms with van der Waals surface area (Å²) in [5, 5.41) is 6.14. The van der Waals surface area contributed by atoms with E-state index in [2.05, 4.69) is 20.5 Å². The van der Waals surface area contributed by atoms with E-state index < -0.39 is 0 Å². The zero-order valence-corrected chi connectivity index (χ0v) is 13.9. The molecule has 1 amide bonds. The molecule has 0 radical (unpaired) electrons. The van der Waals surface area contributed by atoms with Gasteiger partial charge in [0.05, 0.1) is 5.56 Å². The summed E-state index contributed by atoms with van der Waals surface area (Å²) in [6, 6.07) is 10.5.